The molecule has 0 amide bonds. The van der Waals surface area contributed by atoms with Gasteiger partial charge in [0.1, 0.15) is 0 Å². The summed E-state index contributed by atoms with van der Waals surface area (Å²) in [6, 6.07) is 7.64. The van der Waals surface area contributed by atoms with Crippen LogP contribution in [-0.4, -0.2) is 16.7 Å². The second kappa shape index (κ2) is 5.64. The van der Waals surface area contributed by atoms with E-state index in [2.05, 4.69) is 0 Å². The number of hydrogen-bond donors (Lipinski definition) is 1. The largest absolute Gasteiger partial charge is 0.478 e. The van der Waals surface area contributed by atoms with Crippen LogP contribution in [0.1, 0.15) is 31.9 Å². The van der Waals surface area contributed by atoms with E-state index in [1.807, 2.05) is 45.0 Å². The zero-order valence-corrected chi connectivity index (χ0v) is 10.4. The van der Waals surface area contributed by atoms with Gasteiger partial charge in [0.2, 0.25) is 0 Å². The summed E-state index contributed by atoms with van der Waals surface area (Å²) in [5.74, 6) is -0.943. The molecular formula is C14H18O3. The number of carboxylic acid groups (broad SMARTS) is 1. The second-order valence-electron chi connectivity index (χ2n) is 4.82. The highest BCUT2D eigenvalue weighted by atomic mass is 16.5. The van der Waals surface area contributed by atoms with E-state index in [1.54, 1.807) is 6.08 Å². The van der Waals surface area contributed by atoms with E-state index in [9.17, 15) is 4.79 Å². The van der Waals surface area contributed by atoms with Crippen LogP contribution in [0.3, 0.4) is 0 Å². The third-order valence-electron chi connectivity index (χ3n) is 2.04. The summed E-state index contributed by atoms with van der Waals surface area (Å²) in [6.07, 6.45) is 2.70. The Morgan fingerprint density at radius 1 is 1.41 bits per heavy atom. The van der Waals surface area contributed by atoms with E-state index in [0.717, 1.165) is 17.2 Å². The fourth-order valence-corrected chi connectivity index (χ4v) is 1.25. The highest BCUT2D eigenvalue weighted by molar-refractivity contribution is 5.85. The molecule has 3 nitrogen and oxygen atoms in total. The fourth-order valence-electron chi connectivity index (χ4n) is 1.25. The molecule has 0 saturated heterocycles. The summed E-state index contributed by atoms with van der Waals surface area (Å²) in [6.45, 7) is 6.53. The van der Waals surface area contributed by atoms with Gasteiger partial charge in [0.15, 0.2) is 0 Å². The number of hydrogen-bond acceptors (Lipinski definition) is 2. The van der Waals surface area contributed by atoms with E-state index >= 15 is 0 Å². The van der Waals surface area contributed by atoms with Gasteiger partial charge >= 0.3 is 5.97 Å². The molecular weight excluding hydrogens is 216 g/mol. The molecule has 0 aliphatic carbocycles. The number of ether oxygens (including phenoxy) is 1. The van der Waals surface area contributed by atoms with Crippen molar-refractivity contribution >= 4 is 12.0 Å². The van der Waals surface area contributed by atoms with Crippen molar-refractivity contribution in [3.05, 3.63) is 41.5 Å². The van der Waals surface area contributed by atoms with Crippen molar-refractivity contribution in [1.29, 1.82) is 0 Å². The minimum Gasteiger partial charge on any atom is -0.478 e. The molecule has 0 saturated carbocycles. The lowest BCUT2D eigenvalue weighted by Crippen LogP contribution is -2.18. The SMILES string of the molecule is CC(C)(C)OCc1cccc(C=CC(=O)O)c1. The van der Waals surface area contributed by atoms with Crippen LogP contribution in [0.15, 0.2) is 30.3 Å². The Kier molecular flexibility index (Phi) is 4.46. The Labute approximate surface area is 102 Å². The minimum absolute atomic E-state index is 0.174. The molecule has 92 valence electrons. The standard InChI is InChI=1S/C14H18O3/c1-14(2,3)17-10-12-6-4-5-11(9-12)7-8-13(15)16/h4-9H,10H2,1-3H3,(H,15,16). The monoisotopic (exact) mass is 234 g/mol. The van der Waals surface area contributed by atoms with Gasteiger partial charge in [-0.1, -0.05) is 18.2 Å². The van der Waals surface area contributed by atoms with Gasteiger partial charge in [0.25, 0.3) is 0 Å². The predicted molar refractivity (Wildman–Crippen MR) is 67.7 cm³/mol. The van der Waals surface area contributed by atoms with Gasteiger partial charge < -0.3 is 9.84 Å². The van der Waals surface area contributed by atoms with Gasteiger partial charge in [0.05, 0.1) is 12.2 Å². The first-order valence-corrected chi connectivity index (χ1v) is 5.51. The smallest absolute Gasteiger partial charge is 0.328 e. The molecule has 0 heterocycles. The summed E-state index contributed by atoms with van der Waals surface area (Å²) in [5, 5.41) is 8.54. The maximum absolute atomic E-state index is 10.4. The quantitative estimate of drug-likeness (QED) is 0.814. The molecule has 0 radical (unpaired) electrons. The van der Waals surface area contributed by atoms with Crippen LogP contribution in [0.25, 0.3) is 6.08 Å². The topological polar surface area (TPSA) is 46.5 Å². The van der Waals surface area contributed by atoms with Crippen LogP contribution in [0, 0.1) is 0 Å². The Balaban J connectivity index is 2.69. The second-order valence-corrected chi connectivity index (χ2v) is 4.82. The molecule has 1 rings (SSSR count). The van der Waals surface area contributed by atoms with Gasteiger partial charge in [0, 0.05) is 6.08 Å². The molecule has 0 bridgehead atoms. The van der Waals surface area contributed by atoms with Gasteiger partial charge in [-0.05, 0) is 44.0 Å². The number of rotatable bonds is 4. The number of benzene rings is 1. The highest BCUT2D eigenvalue weighted by Gasteiger charge is 2.09. The lowest BCUT2D eigenvalue weighted by molar-refractivity contribution is -0.131. The Bertz CT molecular complexity index is 414. The van der Waals surface area contributed by atoms with Crippen molar-refractivity contribution in [1.82, 2.24) is 0 Å². The van der Waals surface area contributed by atoms with Crippen LogP contribution in [0.2, 0.25) is 0 Å². The summed E-state index contributed by atoms with van der Waals surface area (Å²) >= 11 is 0. The lowest BCUT2D eigenvalue weighted by Gasteiger charge is -2.19. The zero-order valence-electron chi connectivity index (χ0n) is 10.4. The molecule has 0 unspecified atom stereocenters. The van der Waals surface area contributed by atoms with E-state index < -0.39 is 5.97 Å². The van der Waals surface area contributed by atoms with Crippen molar-refractivity contribution in [3.63, 3.8) is 0 Å². The molecule has 1 aromatic rings. The van der Waals surface area contributed by atoms with E-state index in [4.69, 9.17) is 9.84 Å². The maximum Gasteiger partial charge on any atom is 0.328 e. The van der Waals surface area contributed by atoms with Crippen LogP contribution in [-0.2, 0) is 16.1 Å². The van der Waals surface area contributed by atoms with Crippen LogP contribution < -0.4 is 0 Å². The van der Waals surface area contributed by atoms with Gasteiger partial charge in [-0.15, -0.1) is 0 Å². The van der Waals surface area contributed by atoms with Crippen LogP contribution >= 0.6 is 0 Å². The summed E-state index contributed by atoms with van der Waals surface area (Å²) in [4.78, 5) is 10.4. The third kappa shape index (κ3) is 5.88. The van der Waals surface area contributed by atoms with Crippen LogP contribution in [0.4, 0.5) is 0 Å². The van der Waals surface area contributed by atoms with E-state index in [-0.39, 0.29) is 5.60 Å². The van der Waals surface area contributed by atoms with E-state index in [1.165, 1.54) is 0 Å². The number of carboxylic acids is 1. The Hall–Kier alpha value is -1.61. The van der Waals surface area contributed by atoms with Gasteiger partial charge in [-0.3, -0.25) is 0 Å². The molecule has 0 spiro atoms. The lowest BCUT2D eigenvalue weighted by atomic mass is 10.1. The van der Waals surface area contributed by atoms with Gasteiger partial charge in [-0.2, -0.15) is 0 Å². The first kappa shape index (κ1) is 13.5. The molecule has 17 heavy (non-hydrogen) atoms. The minimum atomic E-state index is -0.943. The van der Waals surface area contributed by atoms with Crippen molar-refractivity contribution in [2.45, 2.75) is 33.0 Å². The molecule has 1 N–H and O–H groups in total. The van der Waals surface area contributed by atoms with Gasteiger partial charge in [-0.25, -0.2) is 4.79 Å². The predicted octanol–water partition coefficient (Wildman–Crippen LogP) is 3.10. The summed E-state index contributed by atoms with van der Waals surface area (Å²) in [5.41, 5.74) is 1.72. The molecule has 3 heteroatoms. The fraction of sp³-hybridized carbons (Fsp3) is 0.357. The average Bonchev–Trinajstić information content (AvgIpc) is 2.23. The highest BCUT2D eigenvalue weighted by Crippen LogP contribution is 2.13. The Morgan fingerprint density at radius 2 is 2.12 bits per heavy atom. The van der Waals surface area contributed by atoms with Crippen molar-refractivity contribution in [2.75, 3.05) is 0 Å². The first-order valence-electron chi connectivity index (χ1n) is 5.51. The van der Waals surface area contributed by atoms with Crippen LogP contribution in [0.5, 0.6) is 0 Å². The normalized spacial score (nSPS) is 11.9. The maximum atomic E-state index is 10.4. The number of carbonyl (C=O) groups is 1. The molecule has 0 aromatic heterocycles. The Morgan fingerprint density at radius 3 is 2.71 bits per heavy atom. The summed E-state index contributed by atoms with van der Waals surface area (Å²) < 4.78 is 5.66. The third-order valence-corrected chi connectivity index (χ3v) is 2.04. The van der Waals surface area contributed by atoms with Crippen molar-refractivity contribution < 1.29 is 14.6 Å². The molecule has 0 aliphatic rings. The van der Waals surface area contributed by atoms with Crippen molar-refractivity contribution in [2.24, 2.45) is 0 Å². The molecule has 0 aliphatic heterocycles. The summed E-state index contributed by atoms with van der Waals surface area (Å²) in [7, 11) is 0. The molecule has 0 atom stereocenters. The zero-order chi connectivity index (χ0) is 12.9. The average molecular weight is 234 g/mol. The number of aliphatic carboxylic acids is 1. The molecule has 0 fully saturated rings. The van der Waals surface area contributed by atoms with Crippen molar-refractivity contribution in [3.8, 4) is 0 Å². The van der Waals surface area contributed by atoms with E-state index in [0.29, 0.717) is 6.61 Å². The first-order chi connectivity index (χ1) is 7.87. The molecule has 1 aromatic carbocycles.